The van der Waals surface area contributed by atoms with Gasteiger partial charge >= 0.3 is 51.4 Å². The molecule has 0 bridgehead atoms. The van der Waals surface area contributed by atoms with E-state index in [-0.39, 0.29) is 57.1 Å². The van der Waals surface area contributed by atoms with E-state index in [1.807, 2.05) is 59.7 Å². The molecule has 4 N–H and O–H groups in total. The zero-order chi connectivity index (χ0) is 27.9. The third kappa shape index (κ3) is 6.55. The van der Waals surface area contributed by atoms with E-state index in [1.54, 1.807) is 6.07 Å². The fourth-order valence-corrected chi connectivity index (χ4v) is 5.42. The number of aryl methyl sites for hydroxylation is 5. The quantitative estimate of drug-likeness (QED) is 0.215. The van der Waals surface area contributed by atoms with Crippen molar-refractivity contribution >= 4 is 0 Å². The minimum absolute atomic E-state index is 0. The molecule has 4 nitrogen and oxygen atoms in total. The first-order valence-corrected chi connectivity index (χ1v) is 13.0. The maximum atomic E-state index is 11.0. The minimum atomic E-state index is 0. The van der Waals surface area contributed by atoms with Crippen molar-refractivity contribution in [3.8, 4) is 23.0 Å². The topological polar surface area (TPSA) is 80.9 Å². The van der Waals surface area contributed by atoms with Crippen molar-refractivity contribution in [2.45, 2.75) is 67.7 Å². The Hall–Kier alpha value is -2.28. The van der Waals surface area contributed by atoms with Crippen molar-refractivity contribution in [3.63, 3.8) is 0 Å². The number of benzene rings is 4. The van der Waals surface area contributed by atoms with E-state index in [1.165, 1.54) is 0 Å². The van der Waals surface area contributed by atoms with Gasteiger partial charge in [-0.15, -0.1) is 11.6 Å². The number of hydrogen-bond acceptors (Lipinski definition) is 4. The first kappa shape index (κ1) is 31.2. The SMILES string of the molecule is Cc1cc(Cc2c(C)c(Cc3cc(C)c(O)c(Cc4cc(C)c(O)c(C)c4)c3C)cc(C)c2O)c[c-]c1O.[K+]. The molecule has 4 aromatic rings. The summed E-state index contributed by atoms with van der Waals surface area (Å²) in [5, 5.41) is 42.0. The molecule has 0 amide bonds. The number of rotatable bonds is 6. The fraction of sp³-hybridized carbons (Fsp3) is 0.294. The number of hydrogen-bond donors (Lipinski definition) is 4. The molecule has 4 aromatic carbocycles. The molecular weight excluding hydrogens is 511 g/mol. The van der Waals surface area contributed by atoms with E-state index in [0.717, 1.165) is 72.3 Å². The van der Waals surface area contributed by atoms with Gasteiger partial charge < -0.3 is 20.4 Å². The zero-order valence-corrected chi connectivity index (χ0v) is 27.5. The van der Waals surface area contributed by atoms with Gasteiger partial charge in [0.2, 0.25) is 0 Å². The summed E-state index contributed by atoms with van der Waals surface area (Å²) >= 11 is 0. The molecule has 5 heteroatoms. The van der Waals surface area contributed by atoms with E-state index in [9.17, 15) is 20.4 Å². The summed E-state index contributed by atoms with van der Waals surface area (Å²) in [4.78, 5) is 0. The summed E-state index contributed by atoms with van der Waals surface area (Å²) in [6, 6.07) is 14.7. The molecule has 39 heavy (non-hydrogen) atoms. The summed E-state index contributed by atoms with van der Waals surface area (Å²) in [5.74, 6) is 1.07. The molecule has 0 aliphatic rings. The van der Waals surface area contributed by atoms with Crippen LogP contribution in [0.5, 0.6) is 23.0 Å². The maximum Gasteiger partial charge on any atom is 1.00 e. The molecule has 0 aliphatic carbocycles. The predicted molar refractivity (Wildman–Crippen MR) is 153 cm³/mol. The average molecular weight is 549 g/mol. The largest absolute Gasteiger partial charge is 1.00 e. The first-order chi connectivity index (χ1) is 17.9. The smallest absolute Gasteiger partial charge is 0.534 e. The van der Waals surface area contributed by atoms with Crippen LogP contribution in [0.25, 0.3) is 0 Å². The van der Waals surface area contributed by atoms with Crippen LogP contribution in [0.1, 0.15) is 72.3 Å². The summed E-state index contributed by atoms with van der Waals surface area (Å²) in [6.45, 7) is 13.6. The minimum Gasteiger partial charge on any atom is -0.534 e. The second-order valence-electron chi connectivity index (χ2n) is 10.8. The molecule has 0 fully saturated rings. The molecule has 4 rings (SSSR count). The van der Waals surface area contributed by atoms with Crippen LogP contribution in [0.2, 0.25) is 0 Å². The van der Waals surface area contributed by atoms with Crippen molar-refractivity contribution in [2.75, 3.05) is 0 Å². The van der Waals surface area contributed by atoms with Gasteiger partial charge in [0.1, 0.15) is 17.2 Å². The van der Waals surface area contributed by atoms with Gasteiger partial charge in [0.15, 0.2) is 0 Å². The Bertz CT molecular complexity index is 1530. The Morgan fingerprint density at radius 3 is 1.38 bits per heavy atom. The number of phenols is 4. The molecule has 0 heterocycles. The second-order valence-corrected chi connectivity index (χ2v) is 10.8. The van der Waals surface area contributed by atoms with Gasteiger partial charge in [-0.3, -0.25) is 0 Å². The molecule has 0 aliphatic heterocycles. The Morgan fingerprint density at radius 2 is 0.923 bits per heavy atom. The predicted octanol–water partition coefficient (Wildman–Crippen LogP) is 4.24. The van der Waals surface area contributed by atoms with Crippen LogP contribution < -0.4 is 51.4 Å². The van der Waals surface area contributed by atoms with Gasteiger partial charge in [0.25, 0.3) is 0 Å². The van der Waals surface area contributed by atoms with Crippen LogP contribution in [0.4, 0.5) is 0 Å². The molecule has 0 saturated carbocycles. The van der Waals surface area contributed by atoms with Gasteiger partial charge in [0, 0.05) is 17.7 Å². The number of phenolic OH excluding ortho intramolecular Hbond substituents is 4. The van der Waals surface area contributed by atoms with Gasteiger partial charge in [-0.25, -0.2) is 0 Å². The van der Waals surface area contributed by atoms with Gasteiger partial charge in [-0.1, -0.05) is 31.2 Å². The van der Waals surface area contributed by atoms with Crippen molar-refractivity contribution in [1.82, 2.24) is 0 Å². The van der Waals surface area contributed by atoms with Gasteiger partial charge in [-0.2, -0.15) is 17.7 Å². The summed E-state index contributed by atoms with van der Waals surface area (Å²) in [7, 11) is 0. The third-order valence-electron chi connectivity index (χ3n) is 7.83. The van der Waals surface area contributed by atoms with Crippen molar-refractivity contribution in [3.05, 3.63) is 115 Å². The Labute approximate surface area is 274 Å². The van der Waals surface area contributed by atoms with Crippen LogP contribution in [-0.2, 0) is 19.3 Å². The van der Waals surface area contributed by atoms with E-state index in [2.05, 4.69) is 25.1 Å². The second kappa shape index (κ2) is 12.5. The van der Waals surface area contributed by atoms with E-state index in [0.29, 0.717) is 36.5 Å². The maximum absolute atomic E-state index is 11.0. The van der Waals surface area contributed by atoms with Crippen LogP contribution in [0.3, 0.4) is 0 Å². The van der Waals surface area contributed by atoms with Crippen LogP contribution in [0, 0.1) is 54.5 Å². The van der Waals surface area contributed by atoms with E-state index in [4.69, 9.17) is 0 Å². The van der Waals surface area contributed by atoms with Crippen molar-refractivity contribution in [1.29, 1.82) is 0 Å². The normalized spacial score (nSPS) is 10.9. The Balaban J connectivity index is 0.00000420. The third-order valence-corrected chi connectivity index (χ3v) is 7.83. The van der Waals surface area contributed by atoms with E-state index >= 15 is 0 Å². The zero-order valence-electron chi connectivity index (χ0n) is 24.4. The standard InChI is InChI=1S/C34H37O4.K/c1-18-10-25(8-9-31(18)35)15-29-23(6)27(13-21(4)33(29)37)17-28-14-22(5)34(38)30(24(28)7)16-26-11-19(2)32(36)20(3)12-26;/h8,10-14,35-38H,15-17H2,1-7H3;/q-1;+1. The van der Waals surface area contributed by atoms with Crippen molar-refractivity contribution < 1.29 is 71.8 Å². The molecular formula is C34H37KO4. The van der Waals surface area contributed by atoms with Crippen molar-refractivity contribution in [2.24, 2.45) is 0 Å². The van der Waals surface area contributed by atoms with E-state index < -0.39 is 0 Å². The van der Waals surface area contributed by atoms with Crippen LogP contribution >= 0.6 is 0 Å². The molecule has 0 aromatic heterocycles. The summed E-state index contributed by atoms with van der Waals surface area (Å²) < 4.78 is 0. The summed E-state index contributed by atoms with van der Waals surface area (Å²) in [6.07, 6.45) is 1.79. The molecule has 0 spiro atoms. The van der Waals surface area contributed by atoms with Crippen LogP contribution in [-0.4, -0.2) is 20.4 Å². The summed E-state index contributed by atoms with van der Waals surface area (Å²) in [5.41, 5.74) is 12.2. The first-order valence-electron chi connectivity index (χ1n) is 13.0. The molecule has 0 unspecified atom stereocenters. The van der Waals surface area contributed by atoms with Crippen LogP contribution in [0.15, 0.2) is 36.4 Å². The molecule has 0 atom stereocenters. The molecule has 198 valence electrons. The molecule has 0 saturated heterocycles. The Morgan fingerprint density at radius 1 is 0.513 bits per heavy atom. The van der Waals surface area contributed by atoms with Gasteiger partial charge in [-0.05, 0) is 110 Å². The number of aromatic hydroxyl groups is 4. The monoisotopic (exact) mass is 548 g/mol. The Kier molecular flexibility index (Phi) is 10.0. The molecule has 0 radical (unpaired) electrons. The van der Waals surface area contributed by atoms with Gasteiger partial charge in [0.05, 0.1) is 0 Å². The fourth-order valence-electron chi connectivity index (χ4n) is 5.42. The average Bonchev–Trinajstić information content (AvgIpc) is 2.86.